The van der Waals surface area contributed by atoms with Gasteiger partial charge in [-0.15, -0.1) is 0 Å². The Labute approximate surface area is 118 Å². The number of ether oxygens (including phenoxy) is 1. The van der Waals surface area contributed by atoms with Gasteiger partial charge in [-0.05, 0) is 13.0 Å². The minimum atomic E-state index is -1.33. The zero-order valence-electron chi connectivity index (χ0n) is 11.3. The lowest BCUT2D eigenvalue weighted by Gasteiger charge is -2.19. The molecule has 1 aromatic rings. The zero-order chi connectivity index (χ0) is 16.2. The Morgan fingerprint density at radius 3 is 2.43 bits per heavy atom. The molecule has 0 bridgehead atoms. The van der Waals surface area contributed by atoms with Gasteiger partial charge in [0, 0.05) is 6.54 Å². The predicted octanol–water partition coefficient (Wildman–Crippen LogP) is 1.51. The first-order chi connectivity index (χ1) is 9.81. The standard InChI is InChI=1S/C12H12F2N2O5/c1-3-15(6-11(17)21-2)12(18)7-4-9(14)10(16(19)20)5-8(7)13/h4-5H,3,6H2,1-2H3. The summed E-state index contributed by atoms with van der Waals surface area (Å²) in [6.07, 6.45) is 0. The quantitative estimate of drug-likeness (QED) is 0.467. The lowest BCUT2D eigenvalue weighted by molar-refractivity contribution is -0.387. The molecule has 0 spiro atoms. The number of nitro benzene ring substituents is 1. The van der Waals surface area contributed by atoms with E-state index in [0.717, 1.165) is 12.0 Å². The summed E-state index contributed by atoms with van der Waals surface area (Å²) in [4.78, 5) is 33.5. The van der Waals surface area contributed by atoms with Crippen LogP contribution >= 0.6 is 0 Å². The van der Waals surface area contributed by atoms with E-state index in [4.69, 9.17) is 0 Å². The number of esters is 1. The van der Waals surface area contributed by atoms with Gasteiger partial charge in [-0.1, -0.05) is 0 Å². The maximum Gasteiger partial charge on any atom is 0.325 e. The number of rotatable bonds is 5. The summed E-state index contributed by atoms with van der Waals surface area (Å²) in [5, 5.41) is 10.5. The number of methoxy groups -OCH3 is 1. The van der Waals surface area contributed by atoms with E-state index in [1.165, 1.54) is 6.92 Å². The fourth-order valence-corrected chi connectivity index (χ4v) is 1.56. The van der Waals surface area contributed by atoms with Gasteiger partial charge >= 0.3 is 11.7 Å². The Morgan fingerprint density at radius 1 is 1.33 bits per heavy atom. The number of nitrogens with zero attached hydrogens (tertiary/aromatic N) is 2. The summed E-state index contributed by atoms with van der Waals surface area (Å²) in [6.45, 7) is 1.14. The second kappa shape index (κ2) is 6.73. The Hall–Kier alpha value is -2.58. The van der Waals surface area contributed by atoms with E-state index in [1.54, 1.807) is 0 Å². The summed E-state index contributed by atoms with van der Waals surface area (Å²) in [5.74, 6) is -4.27. The second-order valence-electron chi connectivity index (χ2n) is 3.94. The normalized spacial score (nSPS) is 10.1. The number of hydrogen-bond acceptors (Lipinski definition) is 5. The van der Waals surface area contributed by atoms with Gasteiger partial charge in [-0.25, -0.2) is 4.39 Å². The van der Waals surface area contributed by atoms with Gasteiger partial charge in [-0.3, -0.25) is 19.7 Å². The Kier molecular flexibility index (Phi) is 5.28. The molecule has 1 aromatic carbocycles. The van der Waals surface area contributed by atoms with E-state index in [2.05, 4.69) is 4.74 Å². The molecule has 0 atom stereocenters. The average Bonchev–Trinajstić information content (AvgIpc) is 2.45. The number of carbonyl (C=O) groups excluding carboxylic acids is 2. The molecule has 1 rings (SSSR count). The van der Waals surface area contributed by atoms with Crippen molar-refractivity contribution in [3.05, 3.63) is 39.4 Å². The highest BCUT2D eigenvalue weighted by molar-refractivity contribution is 5.96. The van der Waals surface area contributed by atoms with Crippen LogP contribution in [0.4, 0.5) is 14.5 Å². The summed E-state index contributed by atoms with van der Waals surface area (Å²) >= 11 is 0. The third-order valence-corrected chi connectivity index (χ3v) is 2.68. The van der Waals surface area contributed by atoms with Crippen LogP contribution in [0.25, 0.3) is 0 Å². The van der Waals surface area contributed by atoms with Gasteiger partial charge in [0.1, 0.15) is 12.4 Å². The van der Waals surface area contributed by atoms with Crippen LogP contribution in [0.3, 0.4) is 0 Å². The first-order valence-corrected chi connectivity index (χ1v) is 5.81. The topological polar surface area (TPSA) is 89.8 Å². The molecule has 0 aliphatic carbocycles. The molecule has 9 heteroatoms. The van der Waals surface area contributed by atoms with Crippen LogP contribution in [0.15, 0.2) is 12.1 Å². The molecule has 0 fully saturated rings. The number of amides is 1. The summed E-state index contributed by atoms with van der Waals surface area (Å²) in [6, 6.07) is 0.768. The van der Waals surface area contributed by atoms with E-state index >= 15 is 0 Å². The lowest BCUT2D eigenvalue weighted by atomic mass is 10.1. The lowest BCUT2D eigenvalue weighted by Crippen LogP contribution is -2.36. The number of likely N-dealkylation sites (N-methyl/N-ethyl adjacent to an activating group) is 1. The van der Waals surface area contributed by atoms with Crippen LogP contribution in [0, 0.1) is 21.7 Å². The first kappa shape index (κ1) is 16.5. The van der Waals surface area contributed by atoms with E-state index in [-0.39, 0.29) is 6.54 Å². The number of hydrogen-bond donors (Lipinski definition) is 0. The molecule has 1 amide bonds. The summed E-state index contributed by atoms with van der Waals surface area (Å²) in [5.41, 5.74) is -1.76. The van der Waals surface area contributed by atoms with Gasteiger partial charge < -0.3 is 9.64 Å². The number of carbonyl (C=O) groups is 2. The largest absolute Gasteiger partial charge is 0.468 e. The fraction of sp³-hybridized carbons (Fsp3) is 0.333. The minimum Gasteiger partial charge on any atom is -0.468 e. The van der Waals surface area contributed by atoms with Crippen molar-refractivity contribution in [3.8, 4) is 0 Å². The Morgan fingerprint density at radius 2 is 1.95 bits per heavy atom. The maximum absolute atomic E-state index is 13.7. The van der Waals surface area contributed by atoms with Gasteiger partial charge in [0.25, 0.3) is 5.91 Å². The maximum atomic E-state index is 13.7. The average molecular weight is 302 g/mol. The molecule has 0 aliphatic rings. The van der Waals surface area contributed by atoms with Gasteiger partial charge in [0.15, 0.2) is 0 Å². The molecule has 0 heterocycles. The smallest absolute Gasteiger partial charge is 0.325 e. The summed E-state index contributed by atoms with van der Waals surface area (Å²) in [7, 11) is 1.12. The molecule has 0 unspecified atom stereocenters. The van der Waals surface area contributed by atoms with E-state index in [9.17, 15) is 28.5 Å². The van der Waals surface area contributed by atoms with Crippen LogP contribution in [0.1, 0.15) is 17.3 Å². The molecular weight excluding hydrogens is 290 g/mol. The molecular formula is C12H12F2N2O5. The highest BCUT2D eigenvalue weighted by Crippen LogP contribution is 2.22. The Balaban J connectivity index is 3.14. The molecule has 114 valence electrons. The summed E-state index contributed by atoms with van der Waals surface area (Å²) < 4.78 is 31.6. The van der Waals surface area contributed by atoms with Crippen LogP contribution in [0.2, 0.25) is 0 Å². The van der Waals surface area contributed by atoms with E-state index in [0.29, 0.717) is 12.1 Å². The predicted molar refractivity (Wildman–Crippen MR) is 66.6 cm³/mol. The van der Waals surface area contributed by atoms with Crippen molar-refractivity contribution < 1.29 is 28.0 Å². The van der Waals surface area contributed by atoms with Crippen molar-refractivity contribution in [2.45, 2.75) is 6.92 Å². The first-order valence-electron chi connectivity index (χ1n) is 5.81. The molecule has 0 radical (unpaired) electrons. The van der Waals surface area contributed by atoms with Crippen molar-refractivity contribution in [1.82, 2.24) is 4.90 Å². The SMILES string of the molecule is CCN(CC(=O)OC)C(=O)c1cc(F)c([N+](=O)[O-])cc1F. The number of nitro groups is 1. The van der Waals surface area contributed by atoms with Crippen LogP contribution in [-0.4, -0.2) is 41.9 Å². The molecule has 21 heavy (non-hydrogen) atoms. The third-order valence-electron chi connectivity index (χ3n) is 2.68. The molecule has 0 saturated carbocycles. The monoisotopic (exact) mass is 302 g/mol. The second-order valence-corrected chi connectivity index (χ2v) is 3.94. The van der Waals surface area contributed by atoms with Crippen LogP contribution in [0.5, 0.6) is 0 Å². The highest BCUT2D eigenvalue weighted by atomic mass is 19.1. The van der Waals surface area contributed by atoms with E-state index < -0.39 is 46.2 Å². The molecule has 0 N–H and O–H groups in total. The molecule has 7 nitrogen and oxygen atoms in total. The highest BCUT2D eigenvalue weighted by Gasteiger charge is 2.25. The van der Waals surface area contributed by atoms with Gasteiger partial charge in [0.2, 0.25) is 5.82 Å². The van der Waals surface area contributed by atoms with Crippen molar-refractivity contribution in [3.63, 3.8) is 0 Å². The van der Waals surface area contributed by atoms with Crippen molar-refractivity contribution in [2.24, 2.45) is 0 Å². The van der Waals surface area contributed by atoms with Crippen LogP contribution in [-0.2, 0) is 9.53 Å². The molecule has 0 saturated heterocycles. The molecule has 0 aliphatic heterocycles. The van der Waals surface area contributed by atoms with Crippen molar-refractivity contribution in [1.29, 1.82) is 0 Å². The van der Waals surface area contributed by atoms with E-state index in [1.807, 2.05) is 0 Å². The fourth-order valence-electron chi connectivity index (χ4n) is 1.56. The number of halogens is 2. The van der Waals surface area contributed by atoms with Crippen molar-refractivity contribution in [2.75, 3.05) is 20.2 Å². The minimum absolute atomic E-state index is 0.0476. The molecule has 0 aromatic heterocycles. The zero-order valence-corrected chi connectivity index (χ0v) is 11.3. The van der Waals surface area contributed by atoms with Crippen molar-refractivity contribution >= 4 is 17.6 Å². The Bertz CT molecular complexity index is 591. The number of benzene rings is 1. The van der Waals surface area contributed by atoms with Crippen LogP contribution < -0.4 is 0 Å². The van der Waals surface area contributed by atoms with Gasteiger partial charge in [-0.2, -0.15) is 4.39 Å². The van der Waals surface area contributed by atoms with Gasteiger partial charge in [0.05, 0.1) is 23.7 Å². The third kappa shape index (κ3) is 3.71.